The molecule has 0 unspecified atom stereocenters. The molecule has 0 radical (unpaired) electrons. The number of nitrogens with zero attached hydrogens (tertiary/aromatic N) is 4. The third-order valence-electron chi connectivity index (χ3n) is 3.81. The van der Waals surface area contributed by atoms with Crippen LogP contribution in [0.4, 0.5) is 0 Å². The van der Waals surface area contributed by atoms with Crippen LogP contribution in [0.1, 0.15) is 35.7 Å². The minimum absolute atomic E-state index is 0.0423. The molecule has 6 heteroatoms. The van der Waals surface area contributed by atoms with Crippen molar-refractivity contribution in [1.29, 1.82) is 0 Å². The summed E-state index contributed by atoms with van der Waals surface area (Å²) in [5.41, 5.74) is 3.54. The van der Waals surface area contributed by atoms with Crippen molar-refractivity contribution in [1.82, 2.24) is 19.1 Å². The number of carbonyl (C=O) groups excluding carboxylic acids is 1. The van der Waals surface area contributed by atoms with Gasteiger partial charge in [-0.1, -0.05) is 0 Å². The average Bonchev–Trinajstić information content (AvgIpc) is 3.11. The largest absolute Gasteiger partial charge is 0.333 e. The normalized spacial score (nSPS) is 11.2. The molecule has 0 bridgehead atoms. The highest BCUT2D eigenvalue weighted by Gasteiger charge is 2.13. The Hall–Kier alpha value is -2.14. The summed E-state index contributed by atoms with van der Waals surface area (Å²) >= 11 is 6.05. The number of rotatable bonds is 5. The summed E-state index contributed by atoms with van der Waals surface area (Å²) in [6.45, 7) is 5.13. The summed E-state index contributed by atoms with van der Waals surface area (Å²) in [5, 5.41) is 0. The molecule has 0 aliphatic carbocycles. The molecule has 0 fully saturated rings. The van der Waals surface area contributed by atoms with Gasteiger partial charge in [-0.25, -0.2) is 9.97 Å². The lowest BCUT2D eigenvalue weighted by Crippen LogP contribution is -2.08. The van der Waals surface area contributed by atoms with E-state index in [4.69, 9.17) is 11.6 Å². The zero-order chi connectivity index (χ0) is 15.7. The number of aromatic nitrogens is 4. The number of halogens is 1. The molecule has 0 aliphatic rings. The van der Waals surface area contributed by atoms with Crippen LogP contribution in [0.25, 0.3) is 11.0 Å². The summed E-state index contributed by atoms with van der Waals surface area (Å²) in [6, 6.07) is 5.55. The number of fused-ring (bicyclic) bond motifs is 1. The Morgan fingerprint density at radius 3 is 2.86 bits per heavy atom. The molecule has 0 amide bonds. The number of benzene rings is 1. The van der Waals surface area contributed by atoms with Gasteiger partial charge >= 0.3 is 0 Å². The van der Waals surface area contributed by atoms with Crippen molar-refractivity contribution in [3.8, 4) is 0 Å². The molecule has 3 rings (SSSR count). The highest BCUT2D eigenvalue weighted by atomic mass is 35.5. The number of ketones is 1. The molecule has 22 heavy (non-hydrogen) atoms. The summed E-state index contributed by atoms with van der Waals surface area (Å²) in [5.74, 6) is 1.16. The predicted octanol–water partition coefficient (Wildman–Crippen LogP) is 3.24. The van der Waals surface area contributed by atoms with Gasteiger partial charge in [0.25, 0.3) is 0 Å². The summed E-state index contributed by atoms with van der Waals surface area (Å²) in [4.78, 5) is 20.4. The van der Waals surface area contributed by atoms with E-state index in [9.17, 15) is 4.79 Å². The van der Waals surface area contributed by atoms with Crippen LogP contribution in [0.3, 0.4) is 0 Å². The molecule has 1 aromatic carbocycles. The van der Waals surface area contributed by atoms with Crippen LogP contribution in [0.15, 0.2) is 30.7 Å². The zero-order valence-electron chi connectivity index (χ0n) is 12.6. The fourth-order valence-electron chi connectivity index (χ4n) is 2.60. The Morgan fingerprint density at radius 2 is 2.18 bits per heavy atom. The van der Waals surface area contributed by atoms with Gasteiger partial charge in [-0.15, -0.1) is 11.6 Å². The van der Waals surface area contributed by atoms with Gasteiger partial charge < -0.3 is 9.13 Å². The van der Waals surface area contributed by atoms with Crippen LogP contribution in [0, 0.1) is 0 Å². The van der Waals surface area contributed by atoms with Crippen LogP contribution >= 0.6 is 11.6 Å². The number of alkyl halides is 1. The summed E-state index contributed by atoms with van der Waals surface area (Å²) in [6.07, 6.45) is 3.66. The summed E-state index contributed by atoms with van der Waals surface area (Å²) < 4.78 is 4.14. The van der Waals surface area contributed by atoms with Crippen molar-refractivity contribution in [3.63, 3.8) is 0 Å². The molecular weight excluding hydrogens is 300 g/mol. The Balaban J connectivity index is 2.13. The van der Waals surface area contributed by atoms with Crippen molar-refractivity contribution < 1.29 is 4.79 Å². The number of carbonyl (C=O) groups is 1. The van der Waals surface area contributed by atoms with Gasteiger partial charge in [0.1, 0.15) is 5.82 Å². The molecule has 0 saturated carbocycles. The molecule has 0 spiro atoms. The Morgan fingerprint density at radius 1 is 1.36 bits per heavy atom. The van der Waals surface area contributed by atoms with Gasteiger partial charge in [0.15, 0.2) is 5.78 Å². The first kappa shape index (κ1) is 14.8. The fraction of sp³-hybridized carbons (Fsp3) is 0.312. The second-order valence-electron chi connectivity index (χ2n) is 5.18. The van der Waals surface area contributed by atoms with Crippen LogP contribution in [0.5, 0.6) is 0 Å². The number of Topliss-reactive ketones (excluding diaryl/α,β-unsaturated/α-hetero) is 1. The van der Waals surface area contributed by atoms with E-state index in [1.807, 2.05) is 24.7 Å². The molecule has 5 nitrogen and oxygen atoms in total. The quantitative estimate of drug-likeness (QED) is 0.536. The number of aryl methyl sites for hydroxylation is 1. The zero-order valence-corrected chi connectivity index (χ0v) is 13.3. The first-order valence-corrected chi connectivity index (χ1v) is 7.72. The van der Waals surface area contributed by atoms with Crippen LogP contribution in [-0.4, -0.2) is 24.9 Å². The van der Waals surface area contributed by atoms with Gasteiger partial charge in [-0.05, 0) is 32.0 Å². The molecule has 0 atom stereocenters. The highest BCUT2D eigenvalue weighted by molar-refractivity contribution is 6.16. The second kappa shape index (κ2) is 5.93. The van der Waals surface area contributed by atoms with Gasteiger partial charge in [-0.3, -0.25) is 4.79 Å². The van der Waals surface area contributed by atoms with Gasteiger partial charge in [-0.2, -0.15) is 0 Å². The topological polar surface area (TPSA) is 52.7 Å². The molecule has 0 N–H and O–H groups in total. The third kappa shape index (κ3) is 2.52. The molecule has 114 valence electrons. The molecule has 3 aromatic rings. The van der Waals surface area contributed by atoms with E-state index < -0.39 is 0 Å². The SMILES string of the molecule is CCn1cncc1Cn1c(CCl)nc2ccc(C(C)=O)cc21. The lowest BCUT2D eigenvalue weighted by molar-refractivity contribution is 0.101. The summed E-state index contributed by atoms with van der Waals surface area (Å²) in [7, 11) is 0. The highest BCUT2D eigenvalue weighted by Crippen LogP contribution is 2.21. The van der Waals surface area contributed by atoms with Gasteiger partial charge in [0.05, 0.1) is 35.5 Å². The van der Waals surface area contributed by atoms with Crippen molar-refractivity contribution in [2.24, 2.45) is 0 Å². The molecule has 0 saturated heterocycles. The Bertz CT molecular complexity index is 834. The van der Waals surface area contributed by atoms with E-state index in [0.717, 1.165) is 29.1 Å². The average molecular weight is 317 g/mol. The van der Waals surface area contributed by atoms with Crippen molar-refractivity contribution >= 4 is 28.4 Å². The number of hydrogen-bond donors (Lipinski definition) is 0. The van der Waals surface area contributed by atoms with Crippen LogP contribution in [0.2, 0.25) is 0 Å². The number of imidazole rings is 2. The fourth-order valence-corrected chi connectivity index (χ4v) is 2.80. The standard InChI is InChI=1S/C16H17ClN4O/c1-3-20-10-18-8-13(20)9-21-15-6-12(11(2)22)4-5-14(15)19-16(21)7-17/h4-6,8,10H,3,7,9H2,1-2H3. The van der Waals surface area contributed by atoms with E-state index in [1.165, 1.54) is 0 Å². The van der Waals surface area contributed by atoms with E-state index in [2.05, 4.69) is 26.0 Å². The third-order valence-corrected chi connectivity index (χ3v) is 4.05. The lowest BCUT2D eigenvalue weighted by Gasteiger charge is -2.10. The molecule has 2 heterocycles. The van der Waals surface area contributed by atoms with Gasteiger partial charge in [0, 0.05) is 18.3 Å². The predicted molar refractivity (Wildman–Crippen MR) is 86.3 cm³/mol. The maximum Gasteiger partial charge on any atom is 0.159 e. The monoisotopic (exact) mass is 316 g/mol. The van der Waals surface area contributed by atoms with E-state index in [1.54, 1.807) is 13.0 Å². The maximum absolute atomic E-state index is 11.6. The first-order valence-electron chi connectivity index (χ1n) is 7.19. The van der Waals surface area contributed by atoms with E-state index >= 15 is 0 Å². The van der Waals surface area contributed by atoms with Crippen LogP contribution in [-0.2, 0) is 19.0 Å². The molecular formula is C16H17ClN4O. The lowest BCUT2D eigenvalue weighted by atomic mass is 10.1. The number of hydrogen-bond acceptors (Lipinski definition) is 3. The smallest absolute Gasteiger partial charge is 0.159 e. The van der Waals surface area contributed by atoms with E-state index in [-0.39, 0.29) is 5.78 Å². The van der Waals surface area contributed by atoms with E-state index in [0.29, 0.717) is 18.0 Å². The molecule has 0 aliphatic heterocycles. The minimum atomic E-state index is 0.0423. The van der Waals surface area contributed by atoms with Crippen molar-refractivity contribution in [2.45, 2.75) is 32.8 Å². The molecule has 2 aromatic heterocycles. The van der Waals surface area contributed by atoms with Crippen molar-refractivity contribution in [2.75, 3.05) is 0 Å². The van der Waals surface area contributed by atoms with Crippen molar-refractivity contribution in [3.05, 3.63) is 47.8 Å². The first-order chi connectivity index (χ1) is 10.6. The minimum Gasteiger partial charge on any atom is -0.333 e. The second-order valence-corrected chi connectivity index (χ2v) is 5.45. The van der Waals surface area contributed by atoms with Gasteiger partial charge in [0.2, 0.25) is 0 Å². The maximum atomic E-state index is 11.6. The Kier molecular flexibility index (Phi) is 3.98. The Labute approximate surface area is 133 Å². The van der Waals surface area contributed by atoms with Crippen LogP contribution < -0.4 is 0 Å².